The number of carbonyl (C=O) groups is 2. The van der Waals surface area contributed by atoms with Crippen LogP contribution in [0.3, 0.4) is 0 Å². The van der Waals surface area contributed by atoms with Gasteiger partial charge in [0, 0.05) is 11.1 Å². The second-order valence-corrected chi connectivity index (χ2v) is 6.83. The lowest BCUT2D eigenvalue weighted by Crippen LogP contribution is -2.64. The van der Waals surface area contributed by atoms with Crippen molar-refractivity contribution in [3.63, 3.8) is 0 Å². The van der Waals surface area contributed by atoms with Gasteiger partial charge in [-0.25, -0.2) is 4.98 Å². The minimum Gasteiger partial charge on any atom is -0.342 e. The Kier molecular flexibility index (Phi) is 4.98. The fraction of sp³-hybridized carbons (Fsp3) is 0.667. The van der Waals surface area contributed by atoms with Crippen molar-refractivity contribution in [2.45, 2.75) is 59.2 Å². The Labute approximate surface area is 129 Å². The Bertz CT molecular complexity index is 527. The van der Waals surface area contributed by atoms with Crippen LogP contribution in [0.15, 0.2) is 5.38 Å². The predicted octanol–water partition coefficient (Wildman–Crippen LogP) is 2.10. The maximum Gasteiger partial charge on any atom is 0.246 e. The maximum absolute atomic E-state index is 12.7. The van der Waals surface area contributed by atoms with Gasteiger partial charge in [-0.1, -0.05) is 27.2 Å². The molecule has 0 saturated carbocycles. The number of nitrogens with one attached hydrogen (secondary N) is 1. The lowest BCUT2D eigenvalue weighted by Gasteiger charge is -2.40. The van der Waals surface area contributed by atoms with Crippen LogP contribution in [-0.4, -0.2) is 33.8 Å². The van der Waals surface area contributed by atoms with Gasteiger partial charge in [-0.05, 0) is 19.3 Å². The summed E-state index contributed by atoms with van der Waals surface area (Å²) in [5.74, 6) is 0.0527. The van der Waals surface area contributed by atoms with Crippen LogP contribution < -0.4 is 5.32 Å². The number of hydrogen-bond donors (Lipinski definition) is 1. The van der Waals surface area contributed by atoms with E-state index < -0.39 is 12.1 Å². The highest BCUT2D eigenvalue weighted by atomic mass is 32.1. The lowest BCUT2D eigenvalue weighted by molar-refractivity contribution is -0.152. The zero-order valence-corrected chi connectivity index (χ0v) is 13.9. The van der Waals surface area contributed by atoms with E-state index in [0.717, 1.165) is 17.1 Å². The highest BCUT2D eigenvalue weighted by Crippen LogP contribution is 2.23. The molecule has 1 aromatic heterocycles. The standard InChI is InChI=1S/C15H23N3O2S/c1-5-6-11-15(20)18(7-12-16-10(4)8-21-12)13(9(2)3)14(19)17-11/h8-9,11,13H,5-7H2,1-4H3,(H,17,19). The lowest BCUT2D eigenvalue weighted by atomic mass is 9.95. The average molecular weight is 309 g/mol. The second-order valence-electron chi connectivity index (χ2n) is 5.89. The van der Waals surface area contributed by atoms with E-state index in [-0.39, 0.29) is 17.7 Å². The summed E-state index contributed by atoms with van der Waals surface area (Å²) in [5, 5.41) is 5.73. The molecule has 1 aromatic rings. The Hall–Kier alpha value is -1.43. The smallest absolute Gasteiger partial charge is 0.246 e. The molecule has 1 aliphatic rings. The second kappa shape index (κ2) is 6.56. The summed E-state index contributed by atoms with van der Waals surface area (Å²) >= 11 is 1.54. The number of amides is 2. The van der Waals surface area contributed by atoms with Crippen molar-refractivity contribution in [3.05, 3.63) is 16.1 Å². The first kappa shape index (κ1) is 15.9. The molecule has 1 aliphatic heterocycles. The van der Waals surface area contributed by atoms with Crippen LogP contribution in [0.25, 0.3) is 0 Å². The molecule has 0 aromatic carbocycles. The Balaban J connectivity index is 2.25. The van der Waals surface area contributed by atoms with Gasteiger partial charge in [0.05, 0.1) is 6.54 Å². The molecule has 0 radical (unpaired) electrons. The number of thiazole rings is 1. The van der Waals surface area contributed by atoms with Gasteiger partial charge < -0.3 is 10.2 Å². The number of aromatic nitrogens is 1. The third-order valence-electron chi connectivity index (χ3n) is 3.68. The molecule has 0 bridgehead atoms. The summed E-state index contributed by atoms with van der Waals surface area (Å²) in [6, 6.07) is -0.798. The van der Waals surface area contributed by atoms with E-state index in [4.69, 9.17) is 0 Å². The van der Waals surface area contributed by atoms with E-state index in [1.54, 1.807) is 4.90 Å². The molecule has 1 fully saturated rings. The summed E-state index contributed by atoms with van der Waals surface area (Å²) < 4.78 is 0. The van der Waals surface area contributed by atoms with Gasteiger partial charge in [-0.2, -0.15) is 0 Å². The molecule has 0 aliphatic carbocycles. The topological polar surface area (TPSA) is 62.3 Å². The summed E-state index contributed by atoms with van der Waals surface area (Å²) in [6.07, 6.45) is 1.55. The first-order valence-corrected chi connectivity index (χ1v) is 8.33. The van der Waals surface area contributed by atoms with E-state index >= 15 is 0 Å². The summed E-state index contributed by atoms with van der Waals surface area (Å²) in [6.45, 7) is 8.32. The number of nitrogens with zero attached hydrogens (tertiary/aromatic N) is 2. The molecule has 2 unspecified atom stereocenters. The highest BCUT2D eigenvalue weighted by molar-refractivity contribution is 7.09. The SMILES string of the molecule is CCCC1NC(=O)C(C(C)C)N(Cc2nc(C)cs2)C1=O. The zero-order chi connectivity index (χ0) is 15.6. The van der Waals surface area contributed by atoms with Crippen LogP contribution in [0.2, 0.25) is 0 Å². The van der Waals surface area contributed by atoms with Crippen molar-refractivity contribution in [1.29, 1.82) is 0 Å². The van der Waals surface area contributed by atoms with Gasteiger partial charge >= 0.3 is 0 Å². The van der Waals surface area contributed by atoms with Gasteiger partial charge in [-0.15, -0.1) is 11.3 Å². The van der Waals surface area contributed by atoms with Crippen molar-refractivity contribution in [2.24, 2.45) is 5.92 Å². The Morgan fingerprint density at radius 3 is 2.67 bits per heavy atom. The molecule has 2 heterocycles. The number of aryl methyl sites for hydroxylation is 1. The van der Waals surface area contributed by atoms with E-state index in [2.05, 4.69) is 10.3 Å². The quantitative estimate of drug-likeness (QED) is 0.906. The van der Waals surface area contributed by atoms with Crippen LogP contribution in [0, 0.1) is 12.8 Å². The predicted molar refractivity (Wildman–Crippen MR) is 82.9 cm³/mol. The number of hydrogen-bond acceptors (Lipinski definition) is 4. The van der Waals surface area contributed by atoms with Gasteiger partial charge in [0.25, 0.3) is 0 Å². The molecule has 5 nitrogen and oxygen atoms in total. The molecule has 1 N–H and O–H groups in total. The molecule has 21 heavy (non-hydrogen) atoms. The maximum atomic E-state index is 12.7. The normalized spacial score (nSPS) is 22.8. The largest absolute Gasteiger partial charge is 0.342 e. The molecular formula is C15H23N3O2S. The molecule has 116 valence electrons. The number of carbonyl (C=O) groups excluding carboxylic acids is 2. The van der Waals surface area contributed by atoms with Crippen molar-refractivity contribution >= 4 is 23.2 Å². The van der Waals surface area contributed by atoms with Gasteiger partial charge in [0.15, 0.2) is 0 Å². The fourth-order valence-corrected chi connectivity index (χ4v) is 3.51. The summed E-state index contributed by atoms with van der Waals surface area (Å²) in [4.78, 5) is 31.2. The van der Waals surface area contributed by atoms with E-state index in [0.29, 0.717) is 13.0 Å². The average Bonchev–Trinajstić information content (AvgIpc) is 2.80. The van der Waals surface area contributed by atoms with Crippen molar-refractivity contribution in [3.8, 4) is 0 Å². The minimum absolute atomic E-state index is 0.0167. The summed E-state index contributed by atoms with van der Waals surface area (Å²) in [7, 11) is 0. The molecule has 2 rings (SSSR count). The van der Waals surface area contributed by atoms with E-state index in [9.17, 15) is 9.59 Å². The van der Waals surface area contributed by atoms with Gasteiger partial charge in [0.2, 0.25) is 11.8 Å². The summed E-state index contributed by atoms with van der Waals surface area (Å²) in [5.41, 5.74) is 0.954. The van der Waals surface area contributed by atoms with E-state index in [1.165, 1.54) is 11.3 Å². The molecule has 2 atom stereocenters. The molecule has 2 amide bonds. The third-order valence-corrected chi connectivity index (χ3v) is 4.63. The zero-order valence-electron chi connectivity index (χ0n) is 13.0. The van der Waals surface area contributed by atoms with Crippen molar-refractivity contribution in [1.82, 2.24) is 15.2 Å². The molecule has 6 heteroatoms. The fourth-order valence-electron chi connectivity index (χ4n) is 2.74. The van der Waals surface area contributed by atoms with Gasteiger partial charge in [-0.3, -0.25) is 9.59 Å². The molecular weight excluding hydrogens is 286 g/mol. The highest BCUT2D eigenvalue weighted by Gasteiger charge is 2.41. The van der Waals surface area contributed by atoms with Crippen molar-refractivity contribution in [2.75, 3.05) is 0 Å². The molecule has 1 saturated heterocycles. The van der Waals surface area contributed by atoms with Gasteiger partial charge in [0.1, 0.15) is 17.1 Å². The van der Waals surface area contributed by atoms with Crippen LogP contribution >= 0.6 is 11.3 Å². The van der Waals surface area contributed by atoms with E-state index in [1.807, 2.05) is 33.1 Å². The first-order chi connectivity index (χ1) is 9.93. The minimum atomic E-state index is -0.408. The third kappa shape index (κ3) is 3.43. The Morgan fingerprint density at radius 1 is 1.43 bits per heavy atom. The van der Waals surface area contributed by atoms with Crippen LogP contribution in [-0.2, 0) is 16.1 Å². The van der Waals surface area contributed by atoms with Crippen LogP contribution in [0.1, 0.15) is 44.3 Å². The Morgan fingerprint density at radius 2 is 2.14 bits per heavy atom. The van der Waals surface area contributed by atoms with Crippen LogP contribution in [0.4, 0.5) is 0 Å². The first-order valence-electron chi connectivity index (χ1n) is 7.45. The monoisotopic (exact) mass is 309 g/mol. The molecule has 0 spiro atoms. The number of piperazine rings is 1. The van der Waals surface area contributed by atoms with Crippen molar-refractivity contribution < 1.29 is 9.59 Å². The van der Waals surface area contributed by atoms with Crippen LogP contribution in [0.5, 0.6) is 0 Å². The number of rotatable bonds is 5.